The molecule has 0 aliphatic carbocycles. The fourth-order valence-corrected chi connectivity index (χ4v) is 2.07. The second-order valence-corrected chi connectivity index (χ2v) is 4.33. The highest BCUT2D eigenvalue weighted by Crippen LogP contribution is 2.34. The van der Waals surface area contributed by atoms with Crippen LogP contribution in [0.2, 0.25) is 0 Å². The molecule has 0 heterocycles. The monoisotopic (exact) mass is 293 g/mol. The van der Waals surface area contributed by atoms with Gasteiger partial charge in [-0.05, 0) is 56.5 Å². The molecule has 0 aliphatic rings. The lowest BCUT2D eigenvalue weighted by atomic mass is 10.1. The molecule has 0 fully saturated rings. The summed E-state index contributed by atoms with van der Waals surface area (Å²) in [5.74, 6) is 0.208. The van der Waals surface area contributed by atoms with E-state index in [0.29, 0.717) is 8.95 Å². The van der Waals surface area contributed by atoms with Crippen molar-refractivity contribution in [2.75, 3.05) is 0 Å². The molecule has 0 saturated heterocycles. The Balaban J connectivity index is 3.21. The van der Waals surface area contributed by atoms with E-state index in [0.717, 1.165) is 5.56 Å². The minimum Gasteiger partial charge on any atom is -0.506 e. The van der Waals surface area contributed by atoms with Gasteiger partial charge in [-0.25, -0.2) is 0 Å². The van der Waals surface area contributed by atoms with Crippen LogP contribution in [-0.4, -0.2) is 5.11 Å². The van der Waals surface area contributed by atoms with Gasteiger partial charge in [-0.15, -0.1) is 0 Å². The summed E-state index contributed by atoms with van der Waals surface area (Å²) in [5.41, 5.74) is 6.66. The average Bonchev–Trinajstić information content (AvgIpc) is 1.99. The molecule has 0 saturated carbocycles. The van der Waals surface area contributed by atoms with Gasteiger partial charge in [0.15, 0.2) is 0 Å². The number of phenols is 1. The molecule has 3 N–H and O–H groups in total. The van der Waals surface area contributed by atoms with Gasteiger partial charge in [-0.1, -0.05) is 0 Å². The number of halogens is 2. The molecule has 12 heavy (non-hydrogen) atoms. The van der Waals surface area contributed by atoms with Crippen LogP contribution < -0.4 is 5.73 Å². The molecule has 0 aliphatic heterocycles. The van der Waals surface area contributed by atoms with Crippen molar-refractivity contribution in [2.24, 2.45) is 5.73 Å². The molecular weight excluding hydrogens is 286 g/mol. The summed E-state index contributed by atoms with van der Waals surface area (Å²) in [7, 11) is 0. The van der Waals surface area contributed by atoms with Crippen molar-refractivity contribution < 1.29 is 5.11 Å². The van der Waals surface area contributed by atoms with Gasteiger partial charge in [-0.3, -0.25) is 0 Å². The van der Waals surface area contributed by atoms with E-state index in [2.05, 4.69) is 31.9 Å². The maximum Gasteiger partial charge on any atom is 0.143 e. The summed E-state index contributed by atoms with van der Waals surface area (Å²) >= 11 is 6.46. The highest BCUT2D eigenvalue weighted by atomic mass is 79.9. The molecule has 0 amide bonds. The van der Waals surface area contributed by atoms with Crippen molar-refractivity contribution >= 4 is 31.9 Å². The van der Waals surface area contributed by atoms with Crippen LogP contribution in [-0.2, 0) is 0 Å². The third-order valence-corrected chi connectivity index (χ3v) is 2.77. The fourth-order valence-electron chi connectivity index (χ4n) is 0.848. The van der Waals surface area contributed by atoms with Crippen molar-refractivity contribution in [2.45, 2.75) is 13.0 Å². The Morgan fingerprint density at radius 2 is 1.75 bits per heavy atom. The normalized spacial score (nSPS) is 13.0. The lowest BCUT2D eigenvalue weighted by Crippen LogP contribution is -2.04. The number of hydrogen-bond donors (Lipinski definition) is 2. The van der Waals surface area contributed by atoms with Crippen LogP contribution in [0.4, 0.5) is 0 Å². The van der Waals surface area contributed by atoms with Gasteiger partial charge in [0.05, 0.1) is 8.95 Å². The van der Waals surface area contributed by atoms with E-state index in [4.69, 9.17) is 5.73 Å². The minimum atomic E-state index is -0.0294. The van der Waals surface area contributed by atoms with Gasteiger partial charge in [0.1, 0.15) is 5.75 Å². The number of phenolic OH excluding ortho intramolecular Hbond substituents is 1. The second kappa shape index (κ2) is 3.77. The van der Waals surface area contributed by atoms with E-state index < -0.39 is 0 Å². The van der Waals surface area contributed by atoms with E-state index in [1.54, 1.807) is 0 Å². The third-order valence-electron chi connectivity index (χ3n) is 1.57. The van der Waals surface area contributed by atoms with Gasteiger partial charge >= 0.3 is 0 Å². The van der Waals surface area contributed by atoms with Crippen LogP contribution in [0.5, 0.6) is 5.75 Å². The van der Waals surface area contributed by atoms with Crippen LogP contribution in [0.15, 0.2) is 21.1 Å². The summed E-state index contributed by atoms with van der Waals surface area (Å²) < 4.78 is 1.31. The van der Waals surface area contributed by atoms with Crippen molar-refractivity contribution in [1.29, 1.82) is 0 Å². The van der Waals surface area contributed by atoms with E-state index >= 15 is 0 Å². The first-order chi connectivity index (χ1) is 5.52. The van der Waals surface area contributed by atoms with E-state index in [9.17, 15) is 5.11 Å². The molecule has 1 atom stereocenters. The SMILES string of the molecule is C[C@H](N)c1cc(Br)c(O)c(Br)c1. The maximum absolute atomic E-state index is 9.38. The molecule has 2 nitrogen and oxygen atoms in total. The van der Waals surface area contributed by atoms with Crippen molar-refractivity contribution in [3.8, 4) is 5.75 Å². The number of aromatic hydroxyl groups is 1. The summed E-state index contributed by atoms with van der Waals surface area (Å²) in [4.78, 5) is 0. The zero-order valence-electron chi connectivity index (χ0n) is 6.51. The third kappa shape index (κ3) is 2.00. The van der Waals surface area contributed by atoms with E-state index in [-0.39, 0.29) is 11.8 Å². The van der Waals surface area contributed by atoms with Crippen LogP contribution in [0, 0.1) is 0 Å². The van der Waals surface area contributed by atoms with Gasteiger partial charge in [0.25, 0.3) is 0 Å². The maximum atomic E-state index is 9.38. The number of benzene rings is 1. The molecule has 4 heteroatoms. The van der Waals surface area contributed by atoms with E-state index in [1.165, 1.54) is 0 Å². The summed E-state index contributed by atoms with van der Waals surface area (Å²) in [5, 5.41) is 9.38. The van der Waals surface area contributed by atoms with Gasteiger partial charge in [0.2, 0.25) is 0 Å². The van der Waals surface area contributed by atoms with E-state index in [1.807, 2.05) is 19.1 Å². The topological polar surface area (TPSA) is 46.2 Å². The zero-order valence-corrected chi connectivity index (χ0v) is 9.68. The molecule has 0 bridgehead atoms. The van der Waals surface area contributed by atoms with Crippen LogP contribution >= 0.6 is 31.9 Å². The summed E-state index contributed by atoms with van der Waals surface area (Å²) in [6.45, 7) is 1.89. The smallest absolute Gasteiger partial charge is 0.143 e. The Hall–Kier alpha value is -0.0600. The van der Waals surface area contributed by atoms with Gasteiger partial charge in [-0.2, -0.15) is 0 Å². The lowest BCUT2D eigenvalue weighted by Gasteiger charge is -2.08. The molecule has 1 rings (SSSR count). The van der Waals surface area contributed by atoms with Crippen molar-refractivity contribution in [3.05, 3.63) is 26.6 Å². The minimum absolute atomic E-state index is 0.0294. The van der Waals surface area contributed by atoms with Crippen molar-refractivity contribution in [3.63, 3.8) is 0 Å². The Morgan fingerprint density at radius 1 is 1.33 bits per heavy atom. The van der Waals surface area contributed by atoms with Crippen molar-refractivity contribution in [1.82, 2.24) is 0 Å². The first kappa shape index (κ1) is 10.0. The highest BCUT2D eigenvalue weighted by molar-refractivity contribution is 9.11. The lowest BCUT2D eigenvalue weighted by molar-refractivity contribution is 0.468. The number of hydrogen-bond acceptors (Lipinski definition) is 2. The molecule has 1 aromatic carbocycles. The zero-order chi connectivity index (χ0) is 9.30. The molecule has 0 aromatic heterocycles. The Morgan fingerprint density at radius 3 is 2.08 bits per heavy atom. The molecule has 0 unspecified atom stereocenters. The van der Waals surface area contributed by atoms with Gasteiger partial charge in [0, 0.05) is 6.04 Å². The molecular formula is C8H9Br2NO. The molecule has 66 valence electrons. The highest BCUT2D eigenvalue weighted by Gasteiger charge is 2.07. The average molecular weight is 295 g/mol. The first-order valence-corrected chi connectivity index (χ1v) is 5.04. The molecule has 0 spiro atoms. The largest absolute Gasteiger partial charge is 0.506 e. The number of nitrogens with two attached hydrogens (primary N) is 1. The fraction of sp³-hybridized carbons (Fsp3) is 0.250. The summed E-state index contributed by atoms with van der Waals surface area (Å²) in [6.07, 6.45) is 0. The first-order valence-electron chi connectivity index (χ1n) is 3.46. The summed E-state index contributed by atoms with van der Waals surface area (Å²) in [6, 6.07) is 3.59. The second-order valence-electron chi connectivity index (χ2n) is 2.62. The van der Waals surface area contributed by atoms with Crippen LogP contribution in [0.25, 0.3) is 0 Å². The predicted octanol–water partition coefficient (Wildman–Crippen LogP) is 2.94. The van der Waals surface area contributed by atoms with Crippen LogP contribution in [0.3, 0.4) is 0 Å². The Bertz CT molecular complexity index is 276. The predicted molar refractivity (Wildman–Crippen MR) is 56.1 cm³/mol. The van der Waals surface area contributed by atoms with Gasteiger partial charge < -0.3 is 10.8 Å². The Kier molecular flexibility index (Phi) is 3.15. The molecule has 0 radical (unpaired) electrons. The standard InChI is InChI=1S/C8H9Br2NO/c1-4(11)5-2-6(9)8(12)7(10)3-5/h2-4,12H,11H2,1H3/t4-/m0/s1. The molecule has 1 aromatic rings. The Labute approximate surface area is 88.0 Å². The van der Waals surface area contributed by atoms with Crippen LogP contribution in [0.1, 0.15) is 18.5 Å². The quantitative estimate of drug-likeness (QED) is 0.836. The number of rotatable bonds is 1.